The van der Waals surface area contributed by atoms with Crippen molar-refractivity contribution in [2.45, 2.75) is 19.3 Å². The topological polar surface area (TPSA) is 32.3 Å². The van der Waals surface area contributed by atoms with Gasteiger partial charge in [-0.05, 0) is 32.4 Å². The second kappa shape index (κ2) is 5.66. The molecule has 0 aromatic rings. The van der Waals surface area contributed by atoms with E-state index in [4.69, 9.17) is 6.42 Å². The normalized spacial score (nSPS) is 21.7. The van der Waals surface area contributed by atoms with E-state index in [-0.39, 0.29) is 12.3 Å². The zero-order valence-electron chi connectivity index (χ0n) is 8.75. The van der Waals surface area contributed by atoms with Crippen molar-refractivity contribution < 1.29 is 4.79 Å². The fourth-order valence-electron chi connectivity index (χ4n) is 1.95. The summed E-state index contributed by atoms with van der Waals surface area (Å²) >= 11 is 0. The van der Waals surface area contributed by atoms with Gasteiger partial charge in [0.05, 0.1) is 6.42 Å². The Morgan fingerprint density at radius 2 is 2.50 bits per heavy atom. The molecule has 3 heteroatoms. The fourth-order valence-corrected chi connectivity index (χ4v) is 1.95. The lowest BCUT2D eigenvalue weighted by Crippen LogP contribution is -2.42. The number of hydrogen-bond acceptors (Lipinski definition) is 2. The van der Waals surface area contributed by atoms with Crippen LogP contribution >= 0.6 is 0 Å². The molecule has 78 valence electrons. The summed E-state index contributed by atoms with van der Waals surface area (Å²) in [5, 5.41) is 3.15. The molecule has 1 atom stereocenters. The maximum Gasteiger partial charge on any atom is 0.234 e. The first-order valence-corrected chi connectivity index (χ1v) is 5.13. The second-order valence-corrected chi connectivity index (χ2v) is 3.79. The number of hydrogen-bond donors (Lipinski definition) is 1. The van der Waals surface area contributed by atoms with Crippen LogP contribution in [0.25, 0.3) is 0 Å². The smallest absolute Gasteiger partial charge is 0.234 e. The van der Waals surface area contributed by atoms with Gasteiger partial charge in [-0.3, -0.25) is 4.79 Å². The van der Waals surface area contributed by atoms with Gasteiger partial charge in [-0.1, -0.05) is 5.92 Å². The fraction of sp³-hybridized carbons (Fsp3) is 0.727. The molecule has 0 spiro atoms. The van der Waals surface area contributed by atoms with Gasteiger partial charge in [0.15, 0.2) is 0 Å². The number of rotatable bonds is 3. The number of nitrogens with zero attached hydrogens (tertiary/aromatic N) is 1. The van der Waals surface area contributed by atoms with Crippen molar-refractivity contribution in [2.75, 3.05) is 26.7 Å². The van der Waals surface area contributed by atoms with Crippen molar-refractivity contribution in [3.8, 4) is 12.3 Å². The van der Waals surface area contributed by atoms with Gasteiger partial charge >= 0.3 is 0 Å². The number of terminal acetylenes is 1. The van der Waals surface area contributed by atoms with Gasteiger partial charge in [0, 0.05) is 13.1 Å². The summed E-state index contributed by atoms with van der Waals surface area (Å²) in [5.41, 5.74) is 0. The Morgan fingerprint density at radius 3 is 3.14 bits per heavy atom. The highest BCUT2D eigenvalue weighted by atomic mass is 16.2. The zero-order chi connectivity index (χ0) is 10.4. The summed E-state index contributed by atoms with van der Waals surface area (Å²) in [5.74, 6) is 3.10. The second-order valence-electron chi connectivity index (χ2n) is 3.79. The van der Waals surface area contributed by atoms with Crippen LogP contribution in [0.4, 0.5) is 0 Å². The van der Waals surface area contributed by atoms with Crippen molar-refractivity contribution in [1.29, 1.82) is 0 Å². The third-order valence-corrected chi connectivity index (χ3v) is 2.62. The van der Waals surface area contributed by atoms with E-state index in [2.05, 4.69) is 11.2 Å². The Balaban J connectivity index is 2.40. The predicted molar refractivity (Wildman–Crippen MR) is 56.7 cm³/mol. The Bertz CT molecular complexity index is 230. The van der Waals surface area contributed by atoms with Crippen LogP contribution in [0.15, 0.2) is 0 Å². The van der Waals surface area contributed by atoms with E-state index >= 15 is 0 Å². The summed E-state index contributed by atoms with van der Waals surface area (Å²) < 4.78 is 0. The number of likely N-dealkylation sites (tertiary alicyclic amines) is 1. The van der Waals surface area contributed by atoms with Crippen molar-refractivity contribution >= 4 is 5.91 Å². The number of nitrogens with one attached hydrogen (secondary N) is 1. The van der Waals surface area contributed by atoms with E-state index in [1.807, 2.05) is 11.9 Å². The maximum absolute atomic E-state index is 11.5. The van der Waals surface area contributed by atoms with E-state index in [1.165, 1.54) is 6.42 Å². The maximum atomic E-state index is 11.5. The van der Waals surface area contributed by atoms with Crippen LogP contribution in [0.1, 0.15) is 19.3 Å². The number of carbonyl (C=O) groups is 1. The average molecular weight is 194 g/mol. The molecule has 0 saturated carbocycles. The first-order chi connectivity index (χ1) is 6.77. The Hall–Kier alpha value is -1.01. The predicted octanol–water partition coefficient (Wildman–Crippen LogP) is 0.468. The van der Waals surface area contributed by atoms with Gasteiger partial charge in [-0.2, -0.15) is 0 Å². The van der Waals surface area contributed by atoms with Crippen molar-refractivity contribution in [3.05, 3.63) is 0 Å². The first kappa shape index (κ1) is 11.1. The summed E-state index contributed by atoms with van der Waals surface area (Å²) in [7, 11) is 1.95. The highest BCUT2D eigenvalue weighted by Crippen LogP contribution is 2.16. The minimum absolute atomic E-state index is 0.105. The largest absolute Gasteiger partial charge is 0.342 e. The Kier molecular flexibility index (Phi) is 4.48. The summed E-state index contributed by atoms with van der Waals surface area (Å²) in [6.07, 6.45) is 7.67. The molecule has 1 saturated heterocycles. The Labute approximate surface area is 85.9 Å². The van der Waals surface area contributed by atoms with Gasteiger partial charge < -0.3 is 10.2 Å². The Morgan fingerprint density at radius 1 is 1.71 bits per heavy atom. The molecule has 1 unspecified atom stereocenters. The number of carbonyl (C=O) groups excluding carboxylic acids is 1. The molecule has 3 nitrogen and oxygen atoms in total. The van der Waals surface area contributed by atoms with Crippen LogP contribution in [0.5, 0.6) is 0 Å². The molecule has 1 aliphatic rings. The minimum Gasteiger partial charge on any atom is -0.342 e. The van der Waals surface area contributed by atoms with E-state index in [9.17, 15) is 4.79 Å². The number of amides is 1. The highest BCUT2D eigenvalue weighted by molar-refractivity contribution is 5.78. The lowest BCUT2D eigenvalue weighted by Gasteiger charge is -2.32. The quantitative estimate of drug-likeness (QED) is 0.662. The van der Waals surface area contributed by atoms with Crippen molar-refractivity contribution in [2.24, 2.45) is 5.92 Å². The van der Waals surface area contributed by atoms with E-state index in [0.717, 1.165) is 26.1 Å². The standard InChI is InChI=1S/C11H18N2O/c1-3-5-11(14)13-7-4-6-10(9-13)8-12-2/h1,10,12H,4-9H2,2H3. The van der Waals surface area contributed by atoms with Crippen LogP contribution < -0.4 is 5.32 Å². The molecular weight excluding hydrogens is 176 g/mol. The first-order valence-electron chi connectivity index (χ1n) is 5.13. The molecule has 1 aliphatic heterocycles. The number of piperidine rings is 1. The molecular formula is C11H18N2O. The molecule has 14 heavy (non-hydrogen) atoms. The van der Waals surface area contributed by atoms with E-state index in [0.29, 0.717) is 5.92 Å². The van der Waals surface area contributed by atoms with Crippen LogP contribution in [0, 0.1) is 18.3 Å². The van der Waals surface area contributed by atoms with Crippen molar-refractivity contribution in [1.82, 2.24) is 10.2 Å². The van der Waals surface area contributed by atoms with E-state index < -0.39 is 0 Å². The monoisotopic (exact) mass is 194 g/mol. The van der Waals surface area contributed by atoms with Gasteiger partial charge in [0.2, 0.25) is 5.91 Å². The minimum atomic E-state index is 0.105. The lowest BCUT2D eigenvalue weighted by atomic mass is 9.98. The molecule has 0 aromatic heterocycles. The molecule has 0 bridgehead atoms. The van der Waals surface area contributed by atoms with E-state index in [1.54, 1.807) is 0 Å². The third-order valence-electron chi connectivity index (χ3n) is 2.62. The molecule has 0 aromatic carbocycles. The van der Waals surface area contributed by atoms with Gasteiger partial charge in [0.25, 0.3) is 0 Å². The van der Waals surface area contributed by atoms with Crippen molar-refractivity contribution in [3.63, 3.8) is 0 Å². The van der Waals surface area contributed by atoms with Gasteiger partial charge in [0.1, 0.15) is 0 Å². The molecule has 1 N–H and O–H groups in total. The summed E-state index contributed by atoms with van der Waals surface area (Å²) in [4.78, 5) is 13.4. The van der Waals surface area contributed by atoms with Gasteiger partial charge in [-0.25, -0.2) is 0 Å². The van der Waals surface area contributed by atoms with Crippen LogP contribution in [0.3, 0.4) is 0 Å². The SMILES string of the molecule is C#CCC(=O)N1CCCC(CNC)C1. The van der Waals surface area contributed by atoms with Crippen LogP contribution in [-0.2, 0) is 4.79 Å². The summed E-state index contributed by atoms with van der Waals surface area (Å²) in [6.45, 7) is 2.72. The van der Waals surface area contributed by atoms with Gasteiger partial charge in [-0.15, -0.1) is 6.42 Å². The molecule has 0 aliphatic carbocycles. The molecule has 0 radical (unpaired) electrons. The summed E-state index contributed by atoms with van der Waals surface area (Å²) in [6, 6.07) is 0. The third kappa shape index (κ3) is 3.04. The average Bonchev–Trinajstić information content (AvgIpc) is 2.19. The highest BCUT2D eigenvalue weighted by Gasteiger charge is 2.22. The zero-order valence-corrected chi connectivity index (χ0v) is 8.75. The lowest BCUT2D eigenvalue weighted by molar-refractivity contribution is -0.131. The van der Waals surface area contributed by atoms with Crippen LogP contribution in [0.2, 0.25) is 0 Å². The molecule has 1 fully saturated rings. The van der Waals surface area contributed by atoms with Crippen LogP contribution in [-0.4, -0.2) is 37.5 Å². The molecule has 1 amide bonds. The molecule has 1 heterocycles. The molecule has 1 rings (SSSR count).